The van der Waals surface area contributed by atoms with Gasteiger partial charge in [-0.1, -0.05) is 5.16 Å². The molecule has 0 spiro atoms. The maximum absolute atomic E-state index is 11.8. The lowest BCUT2D eigenvalue weighted by atomic mass is 10.2. The smallest absolute Gasteiger partial charge is 0.264 e. The molecule has 82 valence electrons. The number of carbonyl (C=O) groups is 1. The summed E-state index contributed by atoms with van der Waals surface area (Å²) in [6, 6.07) is 1.88. The number of amides is 1. The molecular weight excluding hydrogens is 214 g/mol. The number of carbonyl (C=O) groups excluding carboxylic acids is 1. The zero-order valence-corrected chi connectivity index (χ0v) is 9.41. The molecule has 1 aromatic rings. The number of hydrogen-bond acceptors (Lipinski definition) is 4. The number of aryl methyl sites for hydroxylation is 1. The van der Waals surface area contributed by atoms with Gasteiger partial charge in [0.05, 0.1) is 11.4 Å². The molecule has 5 nitrogen and oxygen atoms in total. The maximum atomic E-state index is 11.8. The zero-order valence-electron chi connectivity index (χ0n) is 8.60. The van der Waals surface area contributed by atoms with Gasteiger partial charge in [0.2, 0.25) is 0 Å². The van der Waals surface area contributed by atoms with Crippen LogP contribution >= 0.6 is 11.3 Å². The van der Waals surface area contributed by atoms with Gasteiger partial charge in [-0.15, -0.1) is 11.3 Å². The van der Waals surface area contributed by atoms with Crippen molar-refractivity contribution in [1.82, 2.24) is 4.90 Å². The van der Waals surface area contributed by atoms with Crippen LogP contribution in [-0.4, -0.2) is 35.4 Å². The summed E-state index contributed by atoms with van der Waals surface area (Å²) in [5, 5.41) is 13.1. The number of oxime groups is 1. The fourth-order valence-corrected chi connectivity index (χ4v) is 2.03. The van der Waals surface area contributed by atoms with Gasteiger partial charge in [-0.2, -0.15) is 0 Å². The molecule has 0 aliphatic heterocycles. The van der Waals surface area contributed by atoms with Crippen LogP contribution in [0.25, 0.3) is 0 Å². The van der Waals surface area contributed by atoms with Crippen molar-refractivity contribution in [3.63, 3.8) is 0 Å². The first-order valence-electron chi connectivity index (χ1n) is 4.32. The van der Waals surface area contributed by atoms with E-state index in [0.717, 1.165) is 5.56 Å². The fourth-order valence-electron chi connectivity index (χ4n) is 1.11. The number of amidine groups is 1. The molecule has 0 saturated carbocycles. The van der Waals surface area contributed by atoms with E-state index in [2.05, 4.69) is 5.16 Å². The maximum Gasteiger partial charge on any atom is 0.264 e. The molecule has 6 heteroatoms. The van der Waals surface area contributed by atoms with Gasteiger partial charge in [0.1, 0.15) is 0 Å². The lowest BCUT2D eigenvalue weighted by Gasteiger charge is -2.15. The molecule has 0 saturated heterocycles. The molecule has 1 aromatic heterocycles. The second-order valence-corrected chi connectivity index (χ2v) is 4.10. The molecule has 3 N–H and O–H groups in total. The molecule has 0 aliphatic rings. The molecule has 0 unspecified atom stereocenters. The lowest BCUT2D eigenvalue weighted by Crippen LogP contribution is -2.35. The van der Waals surface area contributed by atoms with Crippen LogP contribution in [0.15, 0.2) is 16.6 Å². The van der Waals surface area contributed by atoms with Crippen LogP contribution in [0.4, 0.5) is 0 Å². The van der Waals surface area contributed by atoms with Crippen molar-refractivity contribution in [1.29, 1.82) is 0 Å². The van der Waals surface area contributed by atoms with Gasteiger partial charge in [-0.3, -0.25) is 4.79 Å². The molecule has 0 aliphatic carbocycles. The highest BCUT2D eigenvalue weighted by Gasteiger charge is 2.15. The molecule has 0 bridgehead atoms. The standard InChI is InChI=1S/C9H13N3O2S/c1-6-3-4-15-8(6)9(13)12(2)5-7(10)11-14/h3-4,14H,5H2,1-2H3,(H2,10,11). The van der Waals surface area contributed by atoms with Crippen LogP contribution in [0.5, 0.6) is 0 Å². The number of thiophene rings is 1. The first-order chi connectivity index (χ1) is 7.06. The number of nitrogens with two attached hydrogens (primary N) is 1. The normalized spacial score (nSPS) is 11.5. The first-order valence-corrected chi connectivity index (χ1v) is 5.20. The predicted molar refractivity (Wildman–Crippen MR) is 59.4 cm³/mol. The van der Waals surface area contributed by atoms with E-state index in [1.54, 1.807) is 7.05 Å². The summed E-state index contributed by atoms with van der Waals surface area (Å²) < 4.78 is 0. The summed E-state index contributed by atoms with van der Waals surface area (Å²) in [6.45, 7) is 1.99. The molecule has 0 fully saturated rings. The molecule has 1 heterocycles. The van der Waals surface area contributed by atoms with Gasteiger partial charge < -0.3 is 15.8 Å². The number of nitrogens with zero attached hydrogens (tertiary/aromatic N) is 2. The number of rotatable bonds is 3. The van der Waals surface area contributed by atoms with Crippen molar-refractivity contribution < 1.29 is 10.0 Å². The highest BCUT2D eigenvalue weighted by atomic mass is 32.1. The summed E-state index contributed by atoms with van der Waals surface area (Å²) in [5.41, 5.74) is 6.25. The molecule has 0 atom stereocenters. The van der Waals surface area contributed by atoms with E-state index in [9.17, 15) is 4.79 Å². The van der Waals surface area contributed by atoms with Gasteiger partial charge in [-0.05, 0) is 23.9 Å². The van der Waals surface area contributed by atoms with Crippen molar-refractivity contribution in [2.45, 2.75) is 6.92 Å². The van der Waals surface area contributed by atoms with Crippen LogP contribution in [0.1, 0.15) is 15.2 Å². The van der Waals surface area contributed by atoms with Crippen molar-refractivity contribution >= 4 is 23.1 Å². The van der Waals surface area contributed by atoms with Crippen LogP contribution in [0.3, 0.4) is 0 Å². The van der Waals surface area contributed by atoms with E-state index in [4.69, 9.17) is 10.9 Å². The van der Waals surface area contributed by atoms with Crippen molar-refractivity contribution in [3.05, 3.63) is 21.9 Å². The Morgan fingerprint density at radius 2 is 2.40 bits per heavy atom. The predicted octanol–water partition coefficient (Wildman–Crippen LogP) is 0.875. The fraction of sp³-hybridized carbons (Fsp3) is 0.333. The zero-order chi connectivity index (χ0) is 11.4. The molecule has 1 amide bonds. The highest BCUT2D eigenvalue weighted by molar-refractivity contribution is 7.12. The Hall–Kier alpha value is -1.56. The lowest BCUT2D eigenvalue weighted by molar-refractivity contribution is 0.0817. The van der Waals surface area contributed by atoms with Crippen LogP contribution in [0, 0.1) is 6.92 Å². The van der Waals surface area contributed by atoms with E-state index < -0.39 is 0 Å². The molecule has 0 aromatic carbocycles. The van der Waals surface area contributed by atoms with Gasteiger partial charge in [0, 0.05) is 7.05 Å². The summed E-state index contributed by atoms with van der Waals surface area (Å²) in [5.74, 6) is -0.103. The van der Waals surface area contributed by atoms with Crippen molar-refractivity contribution in [3.8, 4) is 0 Å². The van der Waals surface area contributed by atoms with Crippen LogP contribution in [0.2, 0.25) is 0 Å². The quantitative estimate of drug-likeness (QED) is 0.348. The third-order valence-electron chi connectivity index (χ3n) is 1.93. The van der Waals surface area contributed by atoms with Crippen LogP contribution < -0.4 is 5.73 Å². The average Bonchev–Trinajstić information content (AvgIpc) is 2.63. The topological polar surface area (TPSA) is 78.9 Å². The van der Waals surface area contributed by atoms with E-state index >= 15 is 0 Å². The van der Waals surface area contributed by atoms with Gasteiger partial charge >= 0.3 is 0 Å². The minimum atomic E-state index is -0.117. The first kappa shape index (κ1) is 11.5. The second kappa shape index (κ2) is 4.79. The molecule has 0 radical (unpaired) electrons. The Labute approximate surface area is 91.8 Å². The van der Waals surface area contributed by atoms with Crippen molar-refractivity contribution in [2.24, 2.45) is 10.9 Å². The average molecular weight is 227 g/mol. The third-order valence-corrected chi connectivity index (χ3v) is 2.94. The third kappa shape index (κ3) is 2.69. The SMILES string of the molecule is Cc1ccsc1C(=O)N(C)CC(N)=NO. The number of hydrogen-bond donors (Lipinski definition) is 2. The second-order valence-electron chi connectivity index (χ2n) is 3.19. The monoisotopic (exact) mass is 227 g/mol. The molecule has 1 rings (SSSR count). The summed E-state index contributed by atoms with van der Waals surface area (Å²) in [7, 11) is 1.61. The largest absolute Gasteiger partial charge is 0.409 e. The van der Waals surface area contributed by atoms with Gasteiger partial charge in [0.25, 0.3) is 5.91 Å². The Morgan fingerprint density at radius 1 is 1.73 bits per heavy atom. The number of likely N-dealkylation sites (N-methyl/N-ethyl adjacent to an activating group) is 1. The van der Waals surface area contributed by atoms with Crippen molar-refractivity contribution in [2.75, 3.05) is 13.6 Å². The Balaban J connectivity index is 2.74. The van der Waals surface area contributed by atoms with Gasteiger partial charge in [-0.25, -0.2) is 0 Å². The Morgan fingerprint density at radius 3 is 2.87 bits per heavy atom. The molecule has 15 heavy (non-hydrogen) atoms. The summed E-state index contributed by atoms with van der Waals surface area (Å²) >= 11 is 1.39. The van der Waals surface area contributed by atoms with E-state index in [-0.39, 0.29) is 18.3 Å². The van der Waals surface area contributed by atoms with Crippen LogP contribution in [-0.2, 0) is 0 Å². The summed E-state index contributed by atoms with van der Waals surface area (Å²) in [6.07, 6.45) is 0. The molecular formula is C9H13N3O2S. The summed E-state index contributed by atoms with van der Waals surface area (Å²) in [4.78, 5) is 13.9. The Kier molecular flexibility index (Phi) is 3.68. The Bertz CT molecular complexity index is 386. The van der Waals surface area contributed by atoms with E-state index in [1.165, 1.54) is 16.2 Å². The minimum absolute atomic E-state index is 0.0139. The highest BCUT2D eigenvalue weighted by Crippen LogP contribution is 2.17. The van der Waals surface area contributed by atoms with Gasteiger partial charge in [0.15, 0.2) is 5.84 Å². The van der Waals surface area contributed by atoms with E-state index in [1.807, 2.05) is 18.4 Å². The van der Waals surface area contributed by atoms with E-state index in [0.29, 0.717) is 4.88 Å². The minimum Gasteiger partial charge on any atom is -0.409 e.